The number of carbonyl (C=O) groups is 1. The van der Waals surface area contributed by atoms with Crippen molar-refractivity contribution in [3.05, 3.63) is 0 Å². The lowest BCUT2D eigenvalue weighted by Gasteiger charge is -2.37. The Balaban J connectivity index is 1.76. The van der Waals surface area contributed by atoms with Crippen LogP contribution in [-0.2, 0) is 4.79 Å². The highest BCUT2D eigenvalue weighted by Crippen LogP contribution is 2.44. The van der Waals surface area contributed by atoms with E-state index in [-0.39, 0.29) is 6.04 Å². The van der Waals surface area contributed by atoms with Crippen LogP contribution >= 0.6 is 0 Å². The van der Waals surface area contributed by atoms with Crippen molar-refractivity contribution in [3.8, 4) is 0 Å². The van der Waals surface area contributed by atoms with E-state index in [9.17, 15) is 9.90 Å². The van der Waals surface area contributed by atoms with Crippen LogP contribution in [0.15, 0.2) is 0 Å². The molecule has 0 aromatic heterocycles. The van der Waals surface area contributed by atoms with E-state index in [1.165, 1.54) is 38.5 Å². The van der Waals surface area contributed by atoms with Gasteiger partial charge in [-0.1, -0.05) is 26.2 Å². The number of nitrogens with zero attached hydrogens (tertiary/aromatic N) is 1. The average molecular weight is 251 g/mol. The van der Waals surface area contributed by atoms with Crippen LogP contribution in [0.3, 0.4) is 0 Å². The van der Waals surface area contributed by atoms with E-state index in [2.05, 4.69) is 11.8 Å². The minimum absolute atomic E-state index is 0.173. The second-order valence-electron chi connectivity index (χ2n) is 6.76. The molecule has 0 amide bonds. The standard InChI is InChI=1S/C15H25NO2/c1-10-4-2-6-12(8-10)16-9-11-5-3-7-13(11)14(16)15(17)18/h10-14H,2-9H2,1H3,(H,17,18). The maximum Gasteiger partial charge on any atom is 0.321 e. The molecular formula is C15H25NO2. The first-order chi connectivity index (χ1) is 8.66. The molecule has 3 heteroatoms. The number of hydrogen-bond donors (Lipinski definition) is 1. The van der Waals surface area contributed by atoms with E-state index in [0.29, 0.717) is 17.9 Å². The first-order valence-corrected chi connectivity index (χ1v) is 7.65. The Morgan fingerprint density at radius 3 is 2.67 bits per heavy atom. The highest BCUT2D eigenvalue weighted by Gasteiger charge is 2.49. The van der Waals surface area contributed by atoms with Gasteiger partial charge in [-0.05, 0) is 43.4 Å². The van der Waals surface area contributed by atoms with Gasteiger partial charge in [0.1, 0.15) is 6.04 Å². The zero-order valence-electron chi connectivity index (χ0n) is 11.3. The van der Waals surface area contributed by atoms with Gasteiger partial charge in [0.15, 0.2) is 0 Å². The lowest BCUT2D eigenvalue weighted by atomic mass is 9.85. The number of fused-ring (bicyclic) bond motifs is 1. The quantitative estimate of drug-likeness (QED) is 0.820. The summed E-state index contributed by atoms with van der Waals surface area (Å²) in [4.78, 5) is 14.0. The van der Waals surface area contributed by atoms with Gasteiger partial charge in [0.2, 0.25) is 0 Å². The first-order valence-electron chi connectivity index (χ1n) is 7.65. The van der Waals surface area contributed by atoms with Crippen LogP contribution in [0.5, 0.6) is 0 Å². The van der Waals surface area contributed by atoms with Crippen LogP contribution < -0.4 is 0 Å². The molecule has 0 aromatic rings. The van der Waals surface area contributed by atoms with Crippen LogP contribution in [0.25, 0.3) is 0 Å². The SMILES string of the molecule is CC1CCCC(N2CC3CCCC3C2C(=O)O)C1. The van der Waals surface area contributed by atoms with Gasteiger partial charge in [-0.25, -0.2) is 0 Å². The Hall–Kier alpha value is -0.570. The normalized spacial score (nSPS) is 45.1. The summed E-state index contributed by atoms with van der Waals surface area (Å²) in [5, 5.41) is 9.59. The summed E-state index contributed by atoms with van der Waals surface area (Å²) >= 11 is 0. The van der Waals surface area contributed by atoms with Gasteiger partial charge in [-0.2, -0.15) is 0 Å². The van der Waals surface area contributed by atoms with Gasteiger partial charge in [-0.3, -0.25) is 9.69 Å². The molecule has 3 nitrogen and oxygen atoms in total. The van der Waals surface area contributed by atoms with E-state index in [4.69, 9.17) is 0 Å². The van der Waals surface area contributed by atoms with Gasteiger partial charge in [0, 0.05) is 12.6 Å². The molecule has 1 N–H and O–H groups in total. The Kier molecular flexibility index (Phi) is 3.35. The third kappa shape index (κ3) is 2.07. The molecule has 5 unspecified atom stereocenters. The van der Waals surface area contributed by atoms with E-state index >= 15 is 0 Å². The van der Waals surface area contributed by atoms with Crippen molar-refractivity contribution in [3.63, 3.8) is 0 Å². The van der Waals surface area contributed by atoms with Crippen LogP contribution in [0.4, 0.5) is 0 Å². The van der Waals surface area contributed by atoms with Crippen molar-refractivity contribution < 1.29 is 9.90 Å². The molecule has 3 rings (SSSR count). The summed E-state index contributed by atoms with van der Waals surface area (Å²) in [6, 6.07) is 0.369. The zero-order chi connectivity index (χ0) is 12.7. The van der Waals surface area contributed by atoms with Crippen molar-refractivity contribution in [2.75, 3.05) is 6.54 Å². The number of aliphatic carboxylic acids is 1. The maximum absolute atomic E-state index is 11.6. The van der Waals surface area contributed by atoms with Gasteiger partial charge in [0.25, 0.3) is 0 Å². The minimum atomic E-state index is -0.567. The van der Waals surface area contributed by atoms with Gasteiger partial charge in [0.05, 0.1) is 0 Å². The molecule has 0 radical (unpaired) electrons. The largest absolute Gasteiger partial charge is 0.480 e. The number of rotatable bonds is 2. The fourth-order valence-corrected chi connectivity index (χ4v) is 4.74. The molecule has 2 aliphatic carbocycles. The fourth-order valence-electron chi connectivity index (χ4n) is 4.74. The van der Waals surface area contributed by atoms with Gasteiger partial charge >= 0.3 is 5.97 Å². The van der Waals surface area contributed by atoms with Crippen molar-refractivity contribution in [2.45, 2.75) is 64.0 Å². The van der Waals surface area contributed by atoms with Crippen molar-refractivity contribution >= 4 is 5.97 Å². The number of hydrogen-bond acceptors (Lipinski definition) is 2. The predicted octanol–water partition coefficient (Wildman–Crippen LogP) is 2.75. The summed E-state index contributed by atoms with van der Waals surface area (Å²) in [5.74, 6) is 1.32. The summed E-state index contributed by atoms with van der Waals surface area (Å²) in [6.45, 7) is 3.37. The summed E-state index contributed by atoms with van der Waals surface area (Å²) < 4.78 is 0. The molecule has 102 valence electrons. The lowest BCUT2D eigenvalue weighted by Crippen LogP contribution is -2.47. The first kappa shape index (κ1) is 12.5. The monoisotopic (exact) mass is 251 g/mol. The summed E-state index contributed by atoms with van der Waals surface area (Å²) in [6.07, 6.45) is 8.68. The molecule has 1 heterocycles. The number of carboxylic acids is 1. The molecule has 3 aliphatic rings. The maximum atomic E-state index is 11.6. The molecule has 5 atom stereocenters. The van der Waals surface area contributed by atoms with E-state index in [1.807, 2.05) is 0 Å². The van der Waals surface area contributed by atoms with Crippen LogP contribution in [0, 0.1) is 17.8 Å². The van der Waals surface area contributed by atoms with Gasteiger partial charge < -0.3 is 5.11 Å². The number of carboxylic acid groups (broad SMARTS) is 1. The Morgan fingerprint density at radius 2 is 1.94 bits per heavy atom. The zero-order valence-corrected chi connectivity index (χ0v) is 11.3. The Morgan fingerprint density at radius 1 is 1.17 bits per heavy atom. The highest BCUT2D eigenvalue weighted by molar-refractivity contribution is 5.74. The Bertz CT molecular complexity index is 330. The third-order valence-corrected chi connectivity index (χ3v) is 5.56. The molecular weight excluding hydrogens is 226 g/mol. The molecule has 0 aromatic carbocycles. The lowest BCUT2D eigenvalue weighted by molar-refractivity contribution is -0.144. The highest BCUT2D eigenvalue weighted by atomic mass is 16.4. The van der Waals surface area contributed by atoms with Crippen LogP contribution in [0.1, 0.15) is 51.9 Å². The Labute approximate surface area is 110 Å². The van der Waals surface area contributed by atoms with E-state index in [0.717, 1.165) is 18.9 Å². The second-order valence-corrected chi connectivity index (χ2v) is 6.76. The molecule has 0 spiro atoms. The summed E-state index contributed by atoms with van der Waals surface area (Å²) in [5.41, 5.74) is 0. The molecule has 1 aliphatic heterocycles. The third-order valence-electron chi connectivity index (χ3n) is 5.56. The van der Waals surface area contributed by atoms with E-state index < -0.39 is 5.97 Å². The summed E-state index contributed by atoms with van der Waals surface area (Å²) in [7, 11) is 0. The molecule has 18 heavy (non-hydrogen) atoms. The average Bonchev–Trinajstić information content (AvgIpc) is 2.87. The smallest absolute Gasteiger partial charge is 0.321 e. The van der Waals surface area contributed by atoms with Crippen LogP contribution in [0.2, 0.25) is 0 Å². The minimum Gasteiger partial charge on any atom is -0.480 e. The predicted molar refractivity (Wildman–Crippen MR) is 70.4 cm³/mol. The van der Waals surface area contributed by atoms with Crippen molar-refractivity contribution in [2.24, 2.45) is 17.8 Å². The van der Waals surface area contributed by atoms with E-state index in [1.54, 1.807) is 0 Å². The fraction of sp³-hybridized carbons (Fsp3) is 0.933. The number of likely N-dealkylation sites (tertiary alicyclic amines) is 1. The second kappa shape index (κ2) is 4.84. The molecule has 3 fully saturated rings. The molecule has 0 bridgehead atoms. The topological polar surface area (TPSA) is 40.5 Å². The van der Waals surface area contributed by atoms with Crippen molar-refractivity contribution in [1.82, 2.24) is 4.90 Å². The van der Waals surface area contributed by atoms with Gasteiger partial charge in [-0.15, -0.1) is 0 Å². The molecule has 1 saturated heterocycles. The van der Waals surface area contributed by atoms with Crippen LogP contribution in [-0.4, -0.2) is 34.6 Å². The van der Waals surface area contributed by atoms with Crippen molar-refractivity contribution in [1.29, 1.82) is 0 Å². The molecule has 2 saturated carbocycles.